The quantitative estimate of drug-likeness (QED) is 0.377. The number of hydrogen-bond donors (Lipinski definition) is 0. The smallest absolute Gasteiger partial charge is 0.134 e. The van der Waals surface area contributed by atoms with Crippen LogP contribution in [0.2, 0.25) is 5.02 Å². The van der Waals surface area contributed by atoms with Crippen molar-refractivity contribution in [3.63, 3.8) is 0 Å². The number of benzene rings is 3. The Labute approximate surface area is 184 Å². The Morgan fingerprint density at radius 2 is 1.70 bits per heavy atom. The molecule has 1 fully saturated rings. The van der Waals surface area contributed by atoms with Crippen LogP contribution in [0.5, 0.6) is 0 Å². The van der Waals surface area contributed by atoms with Gasteiger partial charge in [0.25, 0.3) is 0 Å². The molecule has 0 aliphatic heterocycles. The molecule has 0 bridgehead atoms. The topological polar surface area (TPSA) is 9.23 Å². The predicted molar refractivity (Wildman–Crippen MR) is 124 cm³/mol. The first-order valence-electron chi connectivity index (χ1n) is 11.1. The van der Waals surface area contributed by atoms with Gasteiger partial charge in [-0.1, -0.05) is 54.1 Å². The van der Waals surface area contributed by atoms with Gasteiger partial charge in [0.2, 0.25) is 0 Å². The number of halogens is 2. The molecular formula is C27H30ClFO. The van der Waals surface area contributed by atoms with Gasteiger partial charge in [-0.05, 0) is 91.0 Å². The third kappa shape index (κ3) is 5.04. The van der Waals surface area contributed by atoms with Crippen molar-refractivity contribution in [1.29, 1.82) is 0 Å². The van der Waals surface area contributed by atoms with E-state index in [0.717, 1.165) is 40.3 Å². The zero-order chi connectivity index (χ0) is 20.9. The number of fused-ring (bicyclic) bond motifs is 1. The Morgan fingerprint density at radius 1 is 0.933 bits per heavy atom. The summed E-state index contributed by atoms with van der Waals surface area (Å²) in [6.45, 7) is 0.866. The summed E-state index contributed by atoms with van der Waals surface area (Å²) in [5.41, 5.74) is 3.32. The fraction of sp³-hybridized carbons (Fsp3) is 0.407. The minimum absolute atomic E-state index is 0.0729. The maximum Gasteiger partial charge on any atom is 0.134 e. The summed E-state index contributed by atoms with van der Waals surface area (Å²) in [6, 6.07) is 18.2. The molecule has 0 heterocycles. The summed E-state index contributed by atoms with van der Waals surface area (Å²) in [5, 5.41) is 2.48. The van der Waals surface area contributed by atoms with Crippen LogP contribution in [0.15, 0.2) is 54.6 Å². The summed E-state index contributed by atoms with van der Waals surface area (Å²) < 4.78 is 20.4. The molecule has 1 nitrogen and oxygen atoms in total. The molecule has 158 valence electrons. The molecule has 4 rings (SSSR count). The van der Waals surface area contributed by atoms with Crippen molar-refractivity contribution < 1.29 is 9.13 Å². The Kier molecular flexibility index (Phi) is 7.07. The summed E-state index contributed by atoms with van der Waals surface area (Å²) in [5.74, 6) is 1.32. The average Bonchev–Trinajstić information content (AvgIpc) is 2.78. The lowest BCUT2D eigenvalue weighted by atomic mass is 9.77. The second-order valence-electron chi connectivity index (χ2n) is 8.64. The molecule has 3 aromatic rings. The Morgan fingerprint density at radius 3 is 2.43 bits per heavy atom. The summed E-state index contributed by atoms with van der Waals surface area (Å²) in [4.78, 5) is 0. The van der Waals surface area contributed by atoms with Gasteiger partial charge in [-0.25, -0.2) is 4.39 Å². The Bertz CT molecular complexity index is 974. The molecular weight excluding hydrogens is 395 g/mol. The maximum absolute atomic E-state index is 15.1. The van der Waals surface area contributed by atoms with Gasteiger partial charge < -0.3 is 4.74 Å². The van der Waals surface area contributed by atoms with E-state index < -0.39 is 0 Å². The second kappa shape index (κ2) is 9.94. The molecule has 0 radical (unpaired) electrons. The van der Waals surface area contributed by atoms with E-state index in [-0.39, 0.29) is 5.82 Å². The van der Waals surface area contributed by atoms with Crippen molar-refractivity contribution in [2.45, 2.75) is 50.9 Å². The van der Waals surface area contributed by atoms with Gasteiger partial charge in [0.05, 0.1) is 0 Å². The van der Waals surface area contributed by atoms with Crippen LogP contribution in [-0.2, 0) is 17.6 Å². The van der Waals surface area contributed by atoms with E-state index >= 15 is 4.39 Å². The SMILES string of the molecule is COCCC1CCC(c2ccc3c(F)c(CCc4ccc(Cl)cc4)ccc3c2)CC1. The molecule has 0 aromatic heterocycles. The van der Waals surface area contributed by atoms with Gasteiger partial charge in [0.1, 0.15) is 5.82 Å². The molecule has 0 spiro atoms. The number of rotatable bonds is 7. The standard InChI is InChI=1S/C27H30ClFO/c1-30-17-16-20-2-7-21(8-3-20)23-12-15-26-24(18-23)11-10-22(27(26)29)9-4-19-5-13-25(28)14-6-19/h5-6,10-15,18,20-21H,2-4,7-9,16-17H2,1H3. The van der Waals surface area contributed by atoms with E-state index in [1.165, 1.54) is 43.2 Å². The lowest BCUT2D eigenvalue weighted by Gasteiger charge is -2.29. The van der Waals surface area contributed by atoms with Crippen LogP contribution < -0.4 is 0 Å². The van der Waals surface area contributed by atoms with E-state index in [0.29, 0.717) is 12.3 Å². The first-order chi connectivity index (χ1) is 14.6. The number of methoxy groups -OCH3 is 1. The van der Waals surface area contributed by atoms with Gasteiger partial charge in [-0.15, -0.1) is 0 Å². The second-order valence-corrected chi connectivity index (χ2v) is 9.08. The number of aryl methyl sites for hydroxylation is 2. The van der Waals surface area contributed by atoms with E-state index in [1.807, 2.05) is 36.4 Å². The molecule has 0 saturated heterocycles. The van der Waals surface area contributed by atoms with Crippen LogP contribution in [0, 0.1) is 11.7 Å². The molecule has 30 heavy (non-hydrogen) atoms. The van der Waals surface area contributed by atoms with Crippen LogP contribution in [0.4, 0.5) is 4.39 Å². The lowest BCUT2D eigenvalue weighted by Crippen LogP contribution is -2.14. The summed E-state index contributed by atoms with van der Waals surface area (Å²) >= 11 is 5.95. The molecule has 1 aliphatic carbocycles. The molecule has 1 aliphatic rings. The third-order valence-electron chi connectivity index (χ3n) is 6.70. The van der Waals surface area contributed by atoms with Gasteiger partial charge in [-0.2, -0.15) is 0 Å². The highest BCUT2D eigenvalue weighted by Crippen LogP contribution is 2.38. The number of hydrogen-bond acceptors (Lipinski definition) is 1. The van der Waals surface area contributed by atoms with Crippen LogP contribution in [0.25, 0.3) is 10.8 Å². The first kappa shape index (κ1) is 21.3. The molecule has 3 aromatic carbocycles. The fourth-order valence-electron chi connectivity index (χ4n) is 4.80. The van der Waals surface area contributed by atoms with E-state index in [2.05, 4.69) is 18.2 Å². The van der Waals surface area contributed by atoms with Crippen molar-refractivity contribution in [2.75, 3.05) is 13.7 Å². The van der Waals surface area contributed by atoms with Gasteiger partial charge in [0.15, 0.2) is 0 Å². The van der Waals surface area contributed by atoms with Crippen molar-refractivity contribution in [2.24, 2.45) is 5.92 Å². The lowest BCUT2D eigenvalue weighted by molar-refractivity contribution is 0.163. The van der Waals surface area contributed by atoms with Crippen LogP contribution in [0.3, 0.4) is 0 Å². The van der Waals surface area contributed by atoms with Crippen molar-refractivity contribution in [3.05, 3.63) is 82.1 Å². The minimum atomic E-state index is -0.0729. The Balaban J connectivity index is 1.44. The minimum Gasteiger partial charge on any atom is -0.385 e. The van der Waals surface area contributed by atoms with Gasteiger partial charge in [-0.3, -0.25) is 0 Å². The maximum atomic E-state index is 15.1. The van der Waals surface area contributed by atoms with Crippen LogP contribution >= 0.6 is 11.6 Å². The third-order valence-corrected chi connectivity index (χ3v) is 6.95. The van der Waals surface area contributed by atoms with Crippen LogP contribution in [0.1, 0.15) is 54.7 Å². The molecule has 0 unspecified atom stereocenters. The highest BCUT2D eigenvalue weighted by molar-refractivity contribution is 6.30. The largest absolute Gasteiger partial charge is 0.385 e. The van der Waals surface area contributed by atoms with Crippen LogP contribution in [-0.4, -0.2) is 13.7 Å². The Hall–Kier alpha value is -1.90. The monoisotopic (exact) mass is 424 g/mol. The molecule has 0 N–H and O–H groups in total. The van der Waals surface area contributed by atoms with Crippen molar-refractivity contribution >= 4 is 22.4 Å². The van der Waals surface area contributed by atoms with E-state index in [9.17, 15) is 0 Å². The first-order valence-corrected chi connectivity index (χ1v) is 11.5. The summed E-state index contributed by atoms with van der Waals surface area (Å²) in [6.07, 6.45) is 7.66. The summed E-state index contributed by atoms with van der Waals surface area (Å²) in [7, 11) is 1.78. The molecule has 0 atom stereocenters. The highest BCUT2D eigenvalue weighted by atomic mass is 35.5. The molecule has 0 amide bonds. The zero-order valence-corrected chi connectivity index (χ0v) is 18.4. The van der Waals surface area contributed by atoms with Gasteiger partial charge in [0, 0.05) is 24.1 Å². The number of ether oxygens (including phenoxy) is 1. The zero-order valence-electron chi connectivity index (χ0n) is 17.7. The van der Waals surface area contributed by atoms with Crippen molar-refractivity contribution in [3.8, 4) is 0 Å². The van der Waals surface area contributed by atoms with Gasteiger partial charge >= 0.3 is 0 Å². The van der Waals surface area contributed by atoms with Crippen molar-refractivity contribution in [1.82, 2.24) is 0 Å². The molecule has 3 heteroatoms. The van der Waals surface area contributed by atoms with E-state index in [4.69, 9.17) is 16.3 Å². The molecule has 1 saturated carbocycles. The fourth-order valence-corrected chi connectivity index (χ4v) is 4.93. The average molecular weight is 425 g/mol. The predicted octanol–water partition coefficient (Wildman–Crippen LogP) is 7.73. The normalized spacial score (nSPS) is 19.3. The van der Waals surface area contributed by atoms with E-state index in [1.54, 1.807) is 7.11 Å². The highest BCUT2D eigenvalue weighted by Gasteiger charge is 2.22.